The maximum absolute atomic E-state index is 13.3. The number of nitrogens with zero attached hydrogens (tertiary/aromatic N) is 1. The molecule has 0 spiro atoms. The maximum Gasteiger partial charge on any atom is 0.247 e. The van der Waals surface area contributed by atoms with Crippen LogP contribution in [0.4, 0.5) is 0 Å². The molecule has 2 aliphatic carbocycles. The Morgan fingerprint density at radius 3 is 2.43 bits per heavy atom. The number of benzene rings is 1. The fourth-order valence-electron chi connectivity index (χ4n) is 4.00. The van der Waals surface area contributed by atoms with Crippen LogP contribution < -0.4 is 5.32 Å². The van der Waals surface area contributed by atoms with Crippen molar-refractivity contribution in [2.24, 2.45) is 0 Å². The average Bonchev–Trinajstić information content (AvgIpc) is 3.14. The van der Waals surface area contributed by atoms with Gasteiger partial charge in [-0.3, -0.25) is 9.59 Å². The number of hydrogen-bond donors (Lipinski definition) is 1. The van der Waals surface area contributed by atoms with Crippen molar-refractivity contribution in [2.75, 3.05) is 0 Å². The second kappa shape index (κ2) is 8.66. The third-order valence-electron chi connectivity index (χ3n) is 5.55. The van der Waals surface area contributed by atoms with Gasteiger partial charge in [0, 0.05) is 22.0 Å². The molecule has 1 aromatic heterocycles. The molecule has 148 valence electrons. The van der Waals surface area contributed by atoms with Gasteiger partial charge in [0.05, 0.1) is 6.42 Å². The van der Waals surface area contributed by atoms with E-state index in [0.717, 1.165) is 49.0 Å². The maximum atomic E-state index is 13.3. The molecule has 1 atom stereocenters. The van der Waals surface area contributed by atoms with Gasteiger partial charge in [0.2, 0.25) is 11.8 Å². The summed E-state index contributed by atoms with van der Waals surface area (Å²) >= 11 is 7.64. The Morgan fingerprint density at radius 2 is 1.82 bits per heavy atom. The summed E-state index contributed by atoms with van der Waals surface area (Å²) in [4.78, 5) is 29.4. The first kappa shape index (κ1) is 19.5. The summed E-state index contributed by atoms with van der Waals surface area (Å²) < 4.78 is 0. The van der Waals surface area contributed by atoms with Crippen LogP contribution in [0.5, 0.6) is 0 Å². The molecule has 1 unspecified atom stereocenters. The summed E-state index contributed by atoms with van der Waals surface area (Å²) in [7, 11) is 0. The van der Waals surface area contributed by atoms with Crippen molar-refractivity contribution in [3.8, 4) is 0 Å². The van der Waals surface area contributed by atoms with Crippen molar-refractivity contribution in [3.63, 3.8) is 0 Å². The first-order valence-corrected chi connectivity index (χ1v) is 11.3. The van der Waals surface area contributed by atoms with E-state index in [-0.39, 0.29) is 23.9 Å². The smallest absolute Gasteiger partial charge is 0.247 e. The molecule has 2 fully saturated rings. The topological polar surface area (TPSA) is 49.4 Å². The number of rotatable bonds is 7. The second-order valence-corrected chi connectivity index (χ2v) is 9.20. The molecule has 28 heavy (non-hydrogen) atoms. The minimum Gasteiger partial charge on any atom is -0.351 e. The zero-order valence-corrected chi connectivity index (χ0v) is 17.3. The standard InChI is InChI=1S/C22H25ClN2O2S/c23-16-9-7-15(8-10-16)21(22(27)24-17-4-1-2-5-17)25(18-11-12-18)20(26)14-19-6-3-13-28-19/h3,6-10,13,17-18,21H,1-2,4-5,11-12,14H2,(H,24,27). The lowest BCUT2D eigenvalue weighted by Gasteiger charge is -2.32. The molecule has 4 rings (SSSR count). The first-order valence-electron chi connectivity index (χ1n) is 10.0. The molecule has 2 aromatic rings. The van der Waals surface area contributed by atoms with E-state index in [9.17, 15) is 9.59 Å². The van der Waals surface area contributed by atoms with Gasteiger partial charge >= 0.3 is 0 Å². The third-order valence-corrected chi connectivity index (χ3v) is 6.68. The van der Waals surface area contributed by atoms with E-state index in [2.05, 4.69) is 5.32 Å². The quantitative estimate of drug-likeness (QED) is 0.708. The van der Waals surface area contributed by atoms with Crippen LogP contribution in [0.15, 0.2) is 41.8 Å². The van der Waals surface area contributed by atoms with Gasteiger partial charge in [-0.05, 0) is 54.8 Å². The Balaban J connectivity index is 1.61. The van der Waals surface area contributed by atoms with Gasteiger partial charge < -0.3 is 10.2 Å². The predicted octanol–water partition coefficient (Wildman–Crippen LogP) is 4.74. The molecule has 0 aliphatic heterocycles. The summed E-state index contributed by atoms with van der Waals surface area (Å²) in [6.07, 6.45) is 6.60. The molecule has 1 aromatic carbocycles. The highest BCUT2D eigenvalue weighted by molar-refractivity contribution is 7.10. The van der Waals surface area contributed by atoms with Gasteiger partial charge in [-0.25, -0.2) is 0 Å². The molecule has 4 nitrogen and oxygen atoms in total. The van der Waals surface area contributed by atoms with E-state index in [1.165, 1.54) is 0 Å². The molecule has 2 saturated carbocycles. The molecule has 1 N–H and O–H groups in total. The number of thiophene rings is 1. The minimum atomic E-state index is -0.599. The molecule has 0 radical (unpaired) electrons. The summed E-state index contributed by atoms with van der Waals surface area (Å²) in [6, 6.07) is 11.0. The first-order chi connectivity index (χ1) is 13.6. The highest BCUT2D eigenvalue weighted by Crippen LogP contribution is 2.36. The lowest BCUT2D eigenvalue weighted by Crippen LogP contribution is -2.47. The van der Waals surface area contributed by atoms with E-state index < -0.39 is 6.04 Å². The van der Waals surface area contributed by atoms with Gasteiger partial charge in [-0.15, -0.1) is 11.3 Å². The Hall–Kier alpha value is -1.85. The van der Waals surface area contributed by atoms with Gasteiger partial charge in [-0.2, -0.15) is 0 Å². The second-order valence-electron chi connectivity index (χ2n) is 7.73. The van der Waals surface area contributed by atoms with Crippen LogP contribution in [0.2, 0.25) is 5.02 Å². The van der Waals surface area contributed by atoms with Crippen molar-refractivity contribution < 1.29 is 9.59 Å². The number of carbonyl (C=O) groups is 2. The highest BCUT2D eigenvalue weighted by Gasteiger charge is 2.41. The van der Waals surface area contributed by atoms with E-state index in [4.69, 9.17) is 11.6 Å². The van der Waals surface area contributed by atoms with E-state index >= 15 is 0 Å². The number of halogens is 1. The van der Waals surface area contributed by atoms with E-state index in [1.54, 1.807) is 23.5 Å². The van der Waals surface area contributed by atoms with Gasteiger partial charge in [0.25, 0.3) is 0 Å². The molecule has 6 heteroatoms. The van der Waals surface area contributed by atoms with Gasteiger partial charge in [0.1, 0.15) is 6.04 Å². The van der Waals surface area contributed by atoms with Crippen LogP contribution in [0.25, 0.3) is 0 Å². The summed E-state index contributed by atoms with van der Waals surface area (Å²) in [5.74, 6) is -0.0490. The number of hydrogen-bond acceptors (Lipinski definition) is 3. The normalized spacial score (nSPS) is 18.0. The highest BCUT2D eigenvalue weighted by atomic mass is 35.5. The third kappa shape index (κ3) is 4.58. The van der Waals surface area contributed by atoms with Crippen molar-refractivity contribution in [1.82, 2.24) is 10.2 Å². The zero-order valence-electron chi connectivity index (χ0n) is 15.8. The summed E-state index contributed by atoms with van der Waals surface area (Å²) in [5, 5.41) is 5.81. The largest absolute Gasteiger partial charge is 0.351 e. The average molecular weight is 417 g/mol. The van der Waals surface area contributed by atoms with Crippen molar-refractivity contribution >= 4 is 34.8 Å². The van der Waals surface area contributed by atoms with Crippen LogP contribution in [0.3, 0.4) is 0 Å². The zero-order chi connectivity index (χ0) is 19.5. The van der Waals surface area contributed by atoms with Crippen LogP contribution >= 0.6 is 22.9 Å². The lowest BCUT2D eigenvalue weighted by molar-refractivity contribution is -0.141. The monoisotopic (exact) mass is 416 g/mol. The fourth-order valence-corrected chi connectivity index (χ4v) is 4.82. The Bertz CT molecular complexity index is 812. The Morgan fingerprint density at radius 1 is 1.11 bits per heavy atom. The fraction of sp³-hybridized carbons (Fsp3) is 0.455. The van der Waals surface area contributed by atoms with Crippen LogP contribution in [-0.4, -0.2) is 28.8 Å². The minimum absolute atomic E-state index is 0.0199. The van der Waals surface area contributed by atoms with Crippen molar-refractivity contribution in [2.45, 2.75) is 63.1 Å². The molecule has 0 bridgehead atoms. The molecule has 2 aliphatic rings. The number of amides is 2. The van der Waals surface area contributed by atoms with Crippen LogP contribution in [-0.2, 0) is 16.0 Å². The van der Waals surface area contributed by atoms with Crippen LogP contribution in [0.1, 0.15) is 55.0 Å². The molecular weight excluding hydrogens is 392 g/mol. The van der Waals surface area contributed by atoms with Gasteiger partial charge in [0.15, 0.2) is 0 Å². The molecule has 2 amide bonds. The Labute approximate surface area is 174 Å². The van der Waals surface area contributed by atoms with E-state index in [1.807, 2.05) is 34.5 Å². The molecular formula is C22H25ClN2O2S. The SMILES string of the molecule is O=C(NC1CCCC1)C(c1ccc(Cl)cc1)N(C(=O)Cc1cccs1)C1CC1. The van der Waals surface area contributed by atoms with Crippen molar-refractivity contribution in [3.05, 3.63) is 57.2 Å². The lowest BCUT2D eigenvalue weighted by atomic mass is 10.0. The van der Waals surface area contributed by atoms with Gasteiger partial charge in [-0.1, -0.05) is 42.6 Å². The van der Waals surface area contributed by atoms with E-state index in [0.29, 0.717) is 11.4 Å². The number of nitrogens with one attached hydrogen (secondary N) is 1. The number of carbonyl (C=O) groups excluding carboxylic acids is 2. The molecule has 1 heterocycles. The van der Waals surface area contributed by atoms with Crippen LogP contribution in [0, 0.1) is 0 Å². The summed E-state index contributed by atoms with van der Waals surface area (Å²) in [6.45, 7) is 0. The summed E-state index contributed by atoms with van der Waals surface area (Å²) in [5.41, 5.74) is 0.825. The van der Waals surface area contributed by atoms with Crippen molar-refractivity contribution in [1.29, 1.82) is 0 Å². The predicted molar refractivity (Wildman–Crippen MR) is 112 cm³/mol. The Kier molecular flexibility index (Phi) is 6.02. The molecule has 0 saturated heterocycles.